The highest BCUT2D eigenvalue weighted by atomic mass is 32.2. The Kier molecular flexibility index (Phi) is 4.45. The first-order valence-electron chi connectivity index (χ1n) is 5.96. The monoisotopic (exact) mass is 291 g/mol. The quantitative estimate of drug-likeness (QED) is 0.756. The summed E-state index contributed by atoms with van der Waals surface area (Å²) in [6.07, 6.45) is 2.63. The Morgan fingerprint density at radius 2 is 2.25 bits per heavy atom. The fourth-order valence-corrected chi connectivity index (χ4v) is 2.75. The van der Waals surface area contributed by atoms with Gasteiger partial charge in [-0.3, -0.25) is 5.10 Å². The second-order valence-electron chi connectivity index (χ2n) is 4.07. The van der Waals surface area contributed by atoms with Gasteiger partial charge in [-0.1, -0.05) is 6.07 Å². The first-order valence-corrected chi connectivity index (χ1v) is 7.44. The van der Waals surface area contributed by atoms with E-state index in [1.807, 2.05) is 6.07 Å². The van der Waals surface area contributed by atoms with Gasteiger partial charge in [0.2, 0.25) is 10.0 Å². The largest absolute Gasteiger partial charge is 0.263 e. The van der Waals surface area contributed by atoms with Gasteiger partial charge in [-0.25, -0.2) is 18.1 Å². The zero-order valence-electron chi connectivity index (χ0n) is 10.6. The molecule has 0 aliphatic heterocycles. The average Bonchev–Trinajstić information content (AvgIpc) is 2.97. The normalized spacial score (nSPS) is 11.2. The van der Waals surface area contributed by atoms with Crippen molar-refractivity contribution >= 4 is 10.0 Å². The van der Waals surface area contributed by atoms with Crippen molar-refractivity contribution in [2.75, 3.05) is 6.54 Å². The molecule has 0 spiro atoms. The summed E-state index contributed by atoms with van der Waals surface area (Å²) >= 11 is 0. The number of nitriles is 1. The molecule has 1 aromatic carbocycles. The van der Waals surface area contributed by atoms with Crippen LogP contribution >= 0.6 is 0 Å². The van der Waals surface area contributed by atoms with Crippen LogP contribution in [0.4, 0.5) is 0 Å². The molecule has 104 valence electrons. The molecule has 0 bridgehead atoms. The number of nitrogens with zero attached hydrogens (tertiary/aromatic N) is 3. The van der Waals surface area contributed by atoms with Crippen molar-refractivity contribution in [3.63, 3.8) is 0 Å². The van der Waals surface area contributed by atoms with E-state index in [4.69, 9.17) is 5.26 Å². The number of H-pyrrole nitrogens is 1. The summed E-state index contributed by atoms with van der Waals surface area (Å²) in [6.45, 7) is 0.291. The van der Waals surface area contributed by atoms with E-state index in [0.29, 0.717) is 24.9 Å². The van der Waals surface area contributed by atoms with Gasteiger partial charge in [0.15, 0.2) is 0 Å². The van der Waals surface area contributed by atoms with Crippen LogP contribution in [0.5, 0.6) is 0 Å². The van der Waals surface area contributed by atoms with Crippen molar-refractivity contribution in [2.24, 2.45) is 0 Å². The summed E-state index contributed by atoms with van der Waals surface area (Å²) in [5.74, 6) is 0.718. The molecule has 0 aliphatic carbocycles. The van der Waals surface area contributed by atoms with E-state index in [1.165, 1.54) is 18.5 Å². The van der Waals surface area contributed by atoms with Crippen LogP contribution < -0.4 is 4.72 Å². The molecule has 0 saturated carbocycles. The van der Waals surface area contributed by atoms with Crippen LogP contribution in [0.15, 0.2) is 35.5 Å². The average molecular weight is 291 g/mol. The molecule has 2 rings (SSSR count). The lowest BCUT2D eigenvalue weighted by molar-refractivity contribution is 0.578. The minimum atomic E-state index is -3.58. The molecule has 7 nitrogen and oxygen atoms in total. The van der Waals surface area contributed by atoms with Crippen LogP contribution in [0, 0.1) is 11.3 Å². The Morgan fingerprint density at radius 3 is 2.95 bits per heavy atom. The van der Waals surface area contributed by atoms with Gasteiger partial charge in [-0.05, 0) is 24.6 Å². The van der Waals surface area contributed by atoms with E-state index in [-0.39, 0.29) is 4.90 Å². The minimum Gasteiger partial charge on any atom is -0.263 e. The minimum absolute atomic E-state index is 0.0937. The lowest BCUT2D eigenvalue weighted by atomic mass is 10.2. The van der Waals surface area contributed by atoms with Gasteiger partial charge in [0.25, 0.3) is 0 Å². The van der Waals surface area contributed by atoms with E-state index in [1.54, 1.807) is 12.1 Å². The number of aromatic amines is 1. The van der Waals surface area contributed by atoms with Crippen molar-refractivity contribution in [3.05, 3.63) is 42.0 Å². The summed E-state index contributed by atoms with van der Waals surface area (Å²) in [6, 6.07) is 7.82. The number of sulfonamides is 1. The van der Waals surface area contributed by atoms with Crippen molar-refractivity contribution in [2.45, 2.75) is 17.7 Å². The molecule has 0 saturated heterocycles. The van der Waals surface area contributed by atoms with Crippen molar-refractivity contribution in [3.8, 4) is 6.07 Å². The molecule has 20 heavy (non-hydrogen) atoms. The van der Waals surface area contributed by atoms with Crippen LogP contribution in [0.1, 0.15) is 17.8 Å². The summed E-state index contributed by atoms with van der Waals surface area (Å²) in [5.41, 5.74) is 0.314. The predicted octanol–water partition coefficient (Wildman–Crippen LogP) is 0.587. The molecular weight excluding hydrogens is 278 g/mol. The van der Waals surface area contributed by atoms with Crippen molar-refractivity contribution in [1.82, 2.24) is 19.9 Å². The molecule has 0 aliphatic rings. The summed E-state index contributed by atoms with van der Waals surface area (Å²) < 4.78 is 26.5. The molecule has 0 amide bonds. The highest BCUT2D eigenvalue weighted by Crippen LogP contribution is 2.10. The lowest BCUT2D eigenvalue weighted by Gasteiger charge is -2.06. The number of nitrogens with one attached hydrogen (secondary N) is 2. The maximum Gasteiger partial charge on any atom is 0.240 e. The van der Waals surface area contributed by atoms with Gasteiger partial charge in [0.05, 0.1) is 16.5 Å². The zero-order chi connectivity index (χ0) is 14.4. The predicted molar refractivity (Wildman–Crippen MR) is 71.0 cm³/mol. The number of benzene rings is 1. The van der Waals surface area contributed by atoms with Crippen molar-refractivity contribution < 1.29 is 8.42 Å². The van der Waals surface area contributed by atoms with Crippen LogP contribution in [0.3, 0.4) is 0 Å². The standard InChI is InChI=1S/C12H13N5O2S/c13-8-10-3-1-4-11(7-10)20(18,19)16-6-2-5-12-14-9-15-17-12/h1,3-4,7,9,16H,2,5-6H2,(H,14,15,17). The van der Waals surface area contributed by atoms with Crippen molar-refractivity contribution in [1.29, 1.82) is 5.26 Å². The number of aryl methyl sites for hydroxylation is 1. The van der Waals surface area contributed by atoms with Crippen LogP contribution in [-0.2, 0) is 16.4 Å². The molecule has 0 atom stereocenters. The molecule has 8 heteroatoms. The number of hydrogen-bond donors (Lipinski definition) is 2. The third-order valence-electron chi connectivity index (χ3n) is 2.62. The highest BCUT2D eigenvalue weighted by molar-refractivity contribution is 7.89. The summed E-state index contributed by atoms with van der Waals surface area (Å²) in [7, 11) is -3.58. The third-order valence-corrected chi connectivity index (χ3v) is 4.08. The van der Waals surface area contributed by atoms with Gasteiger partial charge in [0.1, 0.15) is 12.2 Å². The second-order valence-corrected chi connectivity index (χ2v) is 5.84. The topological polar surface area (TPSA) is 112 Å². The number of rotatable bonds is 6. The fraction of sp³-hybridized carbons (Fsp3) is 0.250. The Balaban J connectivity index is 1.92. The molecule has 2 N–H and O–H groups in total. The Morgan fingerprint density at radius 1 is 1.40 bits per heavy atom. The maximum absolute atomic E-state index is 12.0. The SMILES string of the molecule is N#Cc1cccc(S(=O)(=O)NCCCc2ncn[nH]2)c1. The van der Waals surface area contributed by atoms with Crippen LogP contribution in [-0.4, -0.2) is 30.1 Å². The Bertz CT molecular complexity index is 704. The molecule has 0 radical (unpaired) electrons. The first-order chi connectivity index (χ1) is 9.62. The molecule has 1 aromatic heterocycles. The fourth-order valence-electron chi connectivity index (χ4n) is 1.63. The first kappa shape index (κ1) is 14.2. The smallest absolute Gasteiger partial charge is 0.240 e. The van der Waals surface area contributed by atoms with Crippen LogP contribution in [0.25, 0.3) is 0 Å². The molecular formula is C12H13N5O2S. The second kappa shape index (κ2) is 6.27. The van der Waals surface area contributed by atoms with E-state index >= 15 is 0 Å². The van der Waals surface area contributed by atoms with E-state index in [0.717, 1.165) is 5.82 Å². The highest BCUT2D eigenvalue weighted by Gasteiger charge is 2.13. The van der Waals surface area contributed by atoms with Gasteiger partial charge >= 0.3 is 0 Å². The van der Waals surface area contributed by atoms with E-state index in [2.05, 4.69) is 19.9 Å². The molecule has 2 aromatic rings. The summed E-state index contributed by atoms with van der Waals surface area (Å²) in [5, 5.41) is 15.2. The Labute approximate surface area is 116 Å². The van der Waals surface area contributed by atoms with Gasteiger partial charge < -0.3 is 0 Å². The Hall–Kier alpha value is -2.24. The van der Waals surface area contributed by atoms with E-state index in [9.17, 15) is 8.42 Å². The summed E-state index contributed by atoms with van der Waals surface area (Å²) in [4.78, 5) is 4.04. The molecule has 0 fully saturated rings. The lowest BCUT2D eigenvalue weighted by Crippen LogP contribution is -2.25. The number of hydrogen-bond acceptors (Lipinski definition) is 5. The van der Waals surface area contributed by atoms with E-state index < -0.39 is 10.0 Å². The molecule has 0 unspecified atom stereocenters. The maximum atomic E-state index is 12.0. The van der Waals surface area contributed by atoms with Gasteiger partial charge in [0, 0.05) is 13.0 Å². The van der Waals surface area contributed by atoms with Gasteiger partial charge in [-0.2, -0.15) is 10.4 Å². The van der Waals surface area contributed by atoms with Crippen LogP contribution in [0.2, 0.25) is 0 Å². The molecule has 1 heterocycles. The number of aromatic nitrogens is 3. The third kappa shape index (κ3) is 3.63. The van der Waals surface area contributed by atoms with Gasteiger partial charge in [-0.15, -0.1) is 0 Å². The zero-order valence-corrected chi connectivity index (χ0v) is 11.4.